The van der Waals surface area contributed by atoms with E-state index in [1.807, 2.05) is 0 Å². The minimum atomic E-state index is -4.46. The maximum absolute atomic E-state index is 12.6. The lowest BCUT2D eigenvalue weighted by Gasteiger charge is -2.51. The minimum Gasteiger partial charge on any atom is -0.480 e. The van der Waals surface area contributed by atoms with Gasteiger partial charge < -0.3 is 9.84 Å². The molecular weight excluding hydrogens is 227 g/mol. The molecule has 1 aliphatic rings. The van der Waals surface area contributed by atoms with Gasteiger partial charge >= 0.3 is 12.1 Å². The van der Waals surface area contributed by atoms with Crippen LogP contribution in [0.25, 0.3) is 0 Å². The number of nitrogens with zero attached hydrogens (tertiary/aromatic N) is 1. The summed E-state index contributed by atoms with van der Waals surface area (Å²) in [5, 5.41) is 8.79. The third-order valence-electron chi connectivity index (χ3n) is 2.94. The van der Waals surface area contributed by atoms with Gasteiger partial charge in [-0.25, -0.2) is 0 Å². The summed E-state index contributed by atoms with van der Waals surface area (Å²) in [5.41, 5.74) is -2.20. The summed E-state index contributed by atoms with van der Waals surface area (Å²) in [6, 6.07) is -0.870. The predicted octanol–water partition coefficient (Wildman–Crippen LogP) is 1.11. The second kappa shape index (κ2) is 4.21. The van der Waals surface area contributed by atoms with Crippen molar-refractivity contribution in [3.05, 3.63) is 0 Å². The van der Waals surface area contributed by atoms with Crippen LogP contribution in [0.5, 0.6) is 0 Å². The van der Waals surface area contributed by atoms with Crippen molar-refractivity contribution in [2.75, 3.05) is 20.2 Å². The maximum atomic E-state index is 12.6. The zero-order valence-corrected chi connectivity index (χ0v) is 9.04. The average molecular weight is 241 g/mol. The summed E-state index contributed by atoms with van der Waals surface area (Å²) in [4.78, 5) is 12.0. The molecule has 1 N–H and O–H groups in total. The Labute approximate surface area is 91.0 Å². The molecule has 1 heterocycles. The molecule has 4 nitrogen and oxygen atoms in total. The molecule has 0 aromatic heterocycles. The van der Waals surface area contributed by atoms with Crippen LogP contribution in [0.2, 0.25) is 0 Å². The number of hydrogen-bond acceptors (Lipinski definition) is 3. The molecule has 94 valence electrons. The Bertz CT molecular complexity index is 274. The molecule has 0 amide bonds. The second-order valence-corrected chi connectivity index (χ2v) is 3.86. The molecule has 1 rings (SSSR count). The molecular formula is C9H14F3NO3. The molecule has 1 atom stereocenters. The highest BCUT2D eigenvalue weighted by Gasteiger charge is 2.63. The van der Waals surface area contributed by atoms with Crippen LogP contribution in [0.15, 0.2) is 0 Å². The van der Waals surface area contributed by atoms with Gasteiger partial charge in [0.1, 0.15) is 6.04 Å². The van der Waals surface area contributed by atoms with Gasteiger partial charge in [0.05, 0.1) is 0 Å². The van der Waals surface area contributed by atoms with Gasteiger partial charge in [-0.2, -0.15) is 13.2 Å². The first-order valence-corrected chi connectivity index (χ1v) is 4.86. The molecule has 0 saturated carbocycles. The highest BCUT2D eigenvalue weighted by molar-refractivity contribution is 5.73. The number of likely N-dealkylation sites (tertiary alicyclic amines) is 1. The van der Waals surface area contributed by atoms with Crippen LogP contribution >= 0.6 is 0 Å². The van der Waals surface area contributed by atoms with Crippen molar-refractivity contribution in [3.63, 3.8) is 0 Å². The molecule has 0 spiro atoms. The smallest absolute Gasteiger partial charge is 0.419 e. The number of halogens is 3. The van der Waals surface area contributed by atoms with E-state index in [2.05, 4.69) is 4.74 Å². The number of rotatable bonds is 4. The number of hydrogen-bond donors (Lipinski definition) is 1. The van der Waals surface area contributed by atoms with Crippen LogP contribution in [-0.2, 0) is 9.53 Å². The largest absolute Gasteiger partial charge is 0.480 e. The van der Waals surface area contributed by atoms with Crippen molar-refractivity contribution in [1.82, 2.24) is 4.90 Å². The molecule has 16 heavy (non-hydrogen) atoms. The summed E-state index contributed by atoms with van der Waals surface area (Å²) in [6.07, 6.45) is -4.19. The Morgan fingerprint density at radius 1 is 1.56 bits per heavy atom. The molecule has 0 aromatic rings. The Balaban J connectivity index is 2.68. The van der Waals surface area contributed by atoms with E-state index in [0.29, 0.717) is 0 Å². The molecule has 0 aromatic carbocycles. The fourth-order valence-electron chi connectivity index (χ4n) is 1.84. The Kier molecular flexibility index (Phi) is 3.49. The van der Waals surface area contributed by atoms with Crippen LogP contribution < -0.4 is 0 Å². The number of carboxylic acid groups (broad SMARTS) is 1. The average Bonchev–Trinajstić information content (AvgIpc) is 2.07. The van der Waals surface area contributed by atoms with Crippen molar-refractivity contribution in [3.8, 4) is 0 Å². The summed E-state index contributed by atoms with van der Waals surface area (Å²) < 4.78 is 42.3. The lowest BCUT2D eigenvalue weighted by Crippen LogP contribution is -2.72. The first-order chi connectivity index (χ1) is 7.27. The zero-order chi connectivity index (χ0) is 12.6. The van der Waals surface area contributed by atoms with Crippen LogP contribution in [0.3, 0.4) is 0 Å². The summed E-state index contributed by atoms with van der Waals surface area (Å²) in [6.45, 7) is 0.786. The fourth-order valence-corrected chi connectivity index (χ4v) is 1.84. The van der Waals surface area contributed by atoms with Crippen LogP contribution in [0, 0.1) is 0 Å². The van der Waals surface area contributed by atoms with Crippen LogP contribution in [-0.4, -0.2) is 54.0 Å². The van der Waals surface area contributed by atoms with Gasteiger partial charge in [-0.15, -0.1) is 0 Å². The van der Waals surface area contributed by atoms with Crippen LogP contribution in [0.1, 0.15) is 13.3 Å². The van der Waals surface area contributed by atoms with E-state index in [4.69, 9.17) is 5.11 Å². The van der Waals surface area contributed by atoms with E-state index in [1.165, 1.54) is 4.90 Å². The van der Waals surface area contributed by atoms with Crippen molar-refractivity contribution in [1.29, 1.82) is 0 Å². The number of carboxylic acids is 1. The van der Waals surface area contributed by atoms with Gasteiger partial charge in [-0.3, -0.25) is 9.69 Å². The lowest BCUT2D eigenvalue weighted by atomic mass is 9.90. The molecule has 1 aliphatic heterocycles. The van der Waals surface area contributed by atoms with E-state index in [-0.39, 0.29) is 6.42 Å². The van der Waals surface area contributed by atoms with Gasteiger partial charge in [0, 0.05) is 20.2 Å². The van der Waals surface area contributed by atoms with Gasteiger partial charge in [-0.05, 0) is 6.42 Å². The third-order valence-corrected chi connectivity index (χ3v) is 2.94. The number of ether oxygens (including phenoxy) is 1. The predicted molar refractivity (Wildman–Crippen MR) is 49.1 cm³/mol. The molecule has 1 saturated heterocycles. The molecule has 0 aliphatic carbocycles. The summed E-state index contributed by atoms with van der Waals surface area (Å²) >= 11 is 0. The third kappa shape index (κ3) is 2.01. The first kappa shape index (κ1) is 13.2. The van der Waals surface area contributed by atoms with E-state index in [0.717, 1.165) is 7.11 Å². The highest BCUT2D eigenvalue weighted by Crippen LogP contribution is 2.41. The second-order valence-electron chi connectivity index (χ2n) is 3.86. The van der Waals surface area contributed by atoms with E-state index >= 15 is 0 Å². The van der Waals surface area contributed by atoms with Crippen molar-refractivity contribution in [2.24, 2.45) is 0 Å². The number of aliphatic carboxylic acids is 1. The molecule has 1 fully saturated rings. The van der Waals surface area contributed by atoms with Gasteiger partial charge in [-0.1, -0.05) is 6.92 Å². The monoisotopic (exact) mass is 241 g/mol. The van der Waals surface area contributed by atoms with Crippen molar-refractivity contribution < 1.29 is 27.8 Å². The van der Waals surface area contributed by atoms with Crippen molar-refractivity contribution >= 4 is 5.97 Å². The van der Waals surface area contributed by atoms with Gasteiger partial charge in [0.25, 0.3) is 0 Å². The Morgan fingerprint density at radius 2 is 2.06 bits per heavy atom. The quantitative estimate of drug-likeness (QED) is 0.801. The molecule has 7 heteroatoms. The number of carbonyl (C=O) groups is 1. The van der Waals surface area contributed by atoms with E-state index in [1.54, 1.807) is 6.92 Å². The topological polar surface area (TPSA) is 49.8 Å². The van der Waals surface area contributed by atoms with E-state index in [9.17, 15) is 18.0 Å². The standard InChI is InChI=1S/C9H14F3NO3/c1-3-6(7(14)15)13-4-8(5-13,16-2)9(10,11)12/h6H,3-5H2,1-2H3,(H,14,15). The van der Waals surface area contributed by atoms with Crippen molar-refractivity contribution in [2.45, 2.75) is 31.2 Å². The zero-order valence-electron chi connectivity index (χ0n) is 9.04. The minimum absolute atomic E-state index is 0.271. The first-order valence-electron chi connectivity index (χ1n) is 4.86. The Hall–Kier alpha value is -0.820. The number of alkyl halides is 3. The summed E-state index contributed by atoms with van der Waals surface area (Å²) in [7, 11) is 0.993. The van der Waals surface area contributed by atoms with Crippen LogP contribution in [0.4, 0.5) is 13.2 Å². The molecule has 1 unspecified atom stereocenters. The molecule has 0 bridgehead atoms. The Morgan fingerprint density at radius 3 is 2.31 bits per heavy atom. The normalized spacial score (nSPS) is 22.6. The van der Waals surface area contributed by atoms with Gasteiger partial charge in [0.15, 0.2) is 5.60 Å². The summed E-state index contributed by atoms with van der Waals surface area (Å²) in [5.74, 6) is -1.10. The molecule has 0 radical (unpaired) electrons. The lowest BCUT2D eigenvalue weighted by molar-refractivity contribution is -0.314. The maximum Gasteiger partial charge on any atom is 0.419 e. The van der Waals surface area contributed by atoms with E-state index < -0.39 is 36.9 Å². The fraction of sp³-hybridized carbons (Fsp3) is 0.889. The highest BCUT2D eigenvalue weighted by atomic mass is 19.4. The SMILES string of the molecule is CCC(C(=O)O)N1CC(OC)(C(F)(F)F)C1. The van der Waals surface area contributed by atoms with Gasteiger partial charge in [0.2, 0.25) is 0 Å². The number of methoxy groups -OCH3 is 1.